The molecule has 0 unspecified atom stereocenters. The number of aryl methyl sites for hydroxylation is 1. The molecular weight excluding hydrogens is 408 g/mol. The number of carbonyl (C=O) groups is 1. The highest BCUT2D eigenvalue weighted by Gasteiger charge is 2.51. The Bertz CT molecular complexity index is 1150. The van der Waals surface area contributed by atoms with Crippen molar-refractivity contribution in [2.75, 3.05) is 5.32 Å². The fraction of sp³-hybridized carbons (Fsp3) is 0.393. The Hall–Kier alpha value is -3.21. The molecule has 4 aliphatic rings. The minimum atomic E-state index is 0.0175. The molecule has 0 aliphatic heterocycles. The first-order chi connectivity index (χ1) is 16.0. The standard InChI is InChI=1S/C28H30N4O/c1-18-29-25(22-6-3-2-4-7-22)14-26(30-18)31-24-9-5-8-23(13-24)27(33)32-28-15-19-10-20(16-28)12-21(11-19)17-28/h2-9,13-14,19-21H,10-12,15-17H2,1H3,(H,32,33)(H,29,30,31). The van der Waals surface area contributed by atoms with Crippen LogP contribution in [0.3, 0.4) is 0 Å². The lowest BCUT2D eigenvalue weighted by Crippen LogP contribution is -2.59. The first-order valence-corrected chi connectivity index (χ1v) is 12.1. The van der Waals surface area contributed by atoms with Crippen LogP contribution in [0, 0.1) is 24.7 Å². The van der Waals surface area contributed by atoms with E-state index in [0.717, 1.165) is 59.8 Å². The van der Waals surface area contributed by atoms with Crippen molar-refractivity contribution in [1.82, 2.24) is 15.3 Å². The van der Waals surface area contributed by atoms with Crippen molar-refractivity contribution >= 4 is 17.4 Å². The molecule has 4 bridgehead atoms. The van der Waals surface area contributed by atoms with E-state index < -0.39 is 0 Å². The number of rotatable bonds is 5. The number of nitrogens with one attached hydrogen (secondary N) is 2. The summed E-state index contributed by atoms with van der Waals surface area (Å²) in [5.74, 6) is 3.90. The number of carbonyl (C=O) groups excluding carboxylic acids is 1. The summed E-state index contributed by atoms with van der Waals surface area (Å²) in [5, 5.41) is 6.86. The van der Waals surface area contributed by atoms with E-state index in [0.29, 0.717) is 11.4 Å². The molecule has 1 heterocycles. The summed E-state index contributed by atoms with van der Waals surface area (Å²) in [4.78, 5) is 22.4. The topological polar surface area (TPSA) is 66.9 Å². The molecule has 0 atom stereocenters. The second-order valence-corrected chi connectivity index (χ2v) is 10.4. The maximum Gasteiger partial charge on any atom is 0.251 e. The number of amides is 1. The predicted molar refractivity (Wildman–Crippen MR) is 130 cm³/mol. The second kappa shape index (κ2) is 7.98. The molecule has 4 aliphatic carbocycles. The van der Waals surface area contributed by atoms with Crippen LogP contribution in [0.25, 0.3) is 11.3 Å². The van der Waals surface area contributed by atoms with E-state index >= 15 is 0 Å². The van der Waals surface area contributed by atoms with Gasteiger partial charge in [-0.05, 0) is 81.4 Å². The molecule has 33 heavy (non-hydrogen) atoms. The highest BCUT2D eigenvalue weighted by molar-refractivity contribution is 5.95. The van der Waals surface area contributed by atoms with Crippen LogP contribution >= 0.6 is 0 Å². The molecule has 168 valence electrons. The largest absolute Gasteiger partial charge is 0.347 e. The molecule has 4 fully saturated rings. The zero-order valence-electron chi connectivity index (χ0n) is 19.1. The molecule has 1 aromatic heterocycles. The van der Waals surface area contributed by atoms with E-state index in [1.165, 1.54) is 19.3 Å². The summed E-state index contributed by atoms with van der Waals surface area (Å²) in [6.45, 7) is 1.90. The maximum absolute atomic E-state index is 13.3. The van der Waals surface area contributed by atoms with Gasteiger partial charge in [-0.25, -0.2) is 9.97 Å². The molecule has 1 amide bonds. The van der Waals surface area contributed by atoms with Gasteiger partial charge in [-0.1, -0.05) is 36.4 Å². The summed E-state index contributed by atoms with van der Waals surface area (Å²) >= 11 is 0. The monoisotopic (exact) mass is 438 g/mol. The van der Waals surface area contributed by atoms with Crippen molar-refractivity contribution in [2.45, 2.75) is 51.0 Å². The summed E-state index contributed by atoms with van der Waals surface area (Å²) in [6.07, 6.45) is 7.59. The highest BCUT2D eigenvalue weighted by Crippen LogP contribution is 2.55. The number of anilines is 2. The molecule has 3 aromatic rings. The number of benzene rings is 2. The highest BCUT2D eigenvalue weighted by atomic mass is 16.1. The average Bonchev–Trinajstić information content (AvgIpc) is 2.78. The Kier molecular flexibility index (Phi) is 4.93. The van der Waals surface area contributed by atoms with Crippen molar-refractivity contribution in [3.05, 3.63) is 72.1 Å². The molecule has 7 rings (SSSR count). The summed E-state index contributed by atoms with van der Waals surface area (Å²) in [6, 6.07) is 19.8. The fourth-order valence-electron chi connectivity index (χ4n) is 6.85. The SMILES string of the molecule is Cc1nc(Nc2cccc(C(=O)NC34CC5CC(CC(C5)C3)C4)c2)cc(-c2ccccc2)n1. The molecule has 5 nitrogen and oxygen atoms in total. The van der Waals surface area contributed by atoms with Gasteiger partial charge in [0.2, 0.25) is 0 Å². The smallest absolute Gasteiger partial charge is 0.251 e. The Balaban J connectivity index is 1.20. The van der Waals surface area contributed by atoms with Crippen molar-refractivity contribution in [1.29, 1.82) is 0 Å². The normalized spacial score (nSPS) is 27.4. The molecular formula is C28H30N4O. The number of nitrogens with zero attached hydrogens (tertiary/aromatic N) is 2. The third-order valence-electron chi connectivity index (χ3n) is 7.72. The lowest BCUT2D eigenvalue weighted by Gasteiger charge is -2.56. The van der Waals surface area contributed by atoms with Gasteiger partial charge in [-0.15, -0.1) is 0 Å². The van der Waals surface area contributed by atoms with Gasteiger partial charge >= 0.3 is 0 Å². The molecule has 5 heteroatoms. The Morgan fingerprint density at radius 2 is 1.58 bits per heavy atom. The summed E-state index contributed by atoms with van der Waals surface area (Å²) in [5.41, 5.74) is 3.50. The molecule has 0 radical (unpaired) electrons. The van der Waals surface area contributed by atoms with Gasteiger partial charge in [-0.3, -0.25) is 4.79 Å². The molecule has 2 aromatic carbocycles. The summed E-state index contributed by atoms with van der Waals surface area (Å²) in [7, 11) is 0. The fourth-order valence-corrected chi connectivity index (χ4v) is 6.85. The molecule has 2 N–H and O–H groups in total. The summed E-state index contributed by atoms with van der Waals surface area (Å²) < 4.78 is 0. The zero-order valence-corrected chi connectivity index (χ0v) is 19.1. The lowest BCUT2D eigenvalue weighted by molar-refractivity contribution is -0.0167. The third kappa shape index (κ3) is 4.12. The minimum Gasteiger partial charge on any atom is -0.347 e. The van der Waals surface area contributed by atoms with Crippen LogP contribution in [0.5, 0.6) is 0 Å². The van der Waals surface area contributed by atoms with Crippen molar-refractivity contribution in [3.8, 4) is 11.3 Å². The van der Waals surface area contributed by atoms with Crippen molar-refractivity contribution in [2.24, 2.45) is 17.8 Å². The zero-order chi connectivity index (χ0) is 22.4. The van der Waals surface area contributed by atoms with Crippen LogP contribution in [-0.2, 0) is 0 Å². The van der Waals surface area contributed by atoms with Crippen LogP contribution in [0.2, 0.25) is 0 Å². The second-order valence-electron chi connectivity index (χ2n) is 10.4. The van der Waals surface area contributed by atoms with Crippen LogP contribution in [0.1, 0.15) is 54.7 Å². The van der Waals surface area contributed by atoms with Gasteiger partial charge in [0.05, 0.1) is 5.69 Å². The molecule has 0 saturated heterocycles. The Labute approximate surface area is 195 Å². The van der Waals surface area contributed by atoms with Gasteiger partial charge in [-0.2, -0.15) is 0 Å². The first-order valence-electron chi connectivity index (χ1n) is 12.1. The Morgan fingerprint density at radius 1 is 0.879 bits per heavy atom. The van der Waals surface area contributed by atoms with E-state index in [-0.39, 0.29) is 11.4 Å². The number of hydrogen-bond acceptors (Lipinski definition) is 4. The quantitative estimate of drug-likeness (QED) is 0.521. The van der Waals surface area contributed by atoms with Gasteiger partial charge in [0, 0.05) is 28.4 Å². The van der Waals surface area contributed by atoms with E-state index in [1.54, 1.807) is 0 Å². The molecule has 0 spiro atoms. The first kappa shape index (κ1) is 20.4. The van der Waals surface area contributed by atoms with Crippen LogP contribution in [-0.4, -0.2) is 21.4 Å². The van der Waals surface area contributed by atoms with E-state index in [4.69, 9.17) is 0 Å². The van der Waals surface area contributed by atoms with Gasteiger partial charge < -0.3 is 10.6 Å². The number of aromatic nitrogens is 2. The van der Waals surface area contributed by atoms with Gasteiger partial charge in [0.15, 0.2) is 0 Å². The third-order valence-corrected chi connectivity index (χ3v) is 7.72. The van der Waals surface area contributed by atoms with E-state index in [9.17, 15) is 4.79 Å². The van der Waals surface area contributed by atoms with E-state index in [1.807, 2.05) is 67.6 Å². The maximum atomic E-state index is 13.3. The minimum absolute atomic E-state index is 0.0175. The van der Waals surface area contributed by atoms with Crippen molar-refractivity contribution in [3.63, 3.8) is 0 Å². The van der Waals surface area contributed by atoms with Crippen LogP contribution in [0.4, 0.5) is 11.5 Å². The van der Waals surface area contributed by atoms with E-state index in [2.05, 4.69) is 20.6 Å². The molecule has 4 saturated carbocycles. The van der Waals surface area contributed by atoms with Crippen LogP contribution in [0.15, 0.2) is 60.7 Å². The van der Waals surface area contributed by atoms with Gasteiger partial charge in [0.1, 0.15) is 11.6 Å². The average molecular weight is 439 g/mol. The Morgan fingerprint density at radius 3 is 2.27 bits per heavy atom. The van der Waals surface area contributed by atoms with Gasteiger partial charge in [0.25, 0.3) is 5.91 Å². The number of hydrogen-bond donors (Lipinski definition) is 2. The van der Waals surface area contributed by atoms with Crippen molar-refractivity contribution < 1.29 is 4.79 Å². The van der Waals surface area contributed by atoms with Crippen LogP contribution < -0.4 is 10.6 Å². The lowest BCUT2D eigenvalue weighted by atomic mass is 9.53. The predicted octanol–water partition coefficient (Wildman–Crippen LogP) is 5.89.